The molecular formula is C10H14N4O6. The number of aliphatic hydroxyl groups is 3. The van der Waals surface area contributed by atoms with Gasteiger partial charge < -0.3 is 25.4 Å². The number of rotatable bonds is 4. The average molecular weight is 286 g/mol. The van der Waals surface area contributed by atoms with Gasteiger partial charge in [-0.1, -0.05) is 0 Å². The summed E-state index contributed by atoms with van der Waals surface area (Å²) in [5.41, 5.74) is -0.0411. The highest BCUT2D eigenvalue weighted by molar-refractivity contribution is 5.92. The lowest BCUT2D eigenvalue weighted by Crippen LogP contribution is -2.44. The van der Waals surface area contributed by atoms with E-state index in [1.807, 2.05) is 0 Å². The molecule has 1 aliphatic rings. The van der Waals surface area contributed by atoms with E-state index in [0.717, 1.165) is 6.20 Å². The van der Waals surface area contributed by atoms with E-state index in [-0.39, 0.29) is 5.69 Å². The van der Waals surface area contributed by atoms with Crippen LogP contribution in [0.15, 0.2) is 6.20 Å². The Hall–Kier alpha value is -1.88. The third-order valence-corrected chi connectivity index (χ3v) is 2.88. The number of nitrogens with one attached hydrogen (secondary N) is 2. The Morgan fingerprint density at radius 2 is 2.15 bits per heavy atom. The summed E-state index contributed by atoms with van der Waals surface area (Å²) in [6.07, 6.45) is -5.94. The number of hydrogen-bond donors (Lipinski definition) is 5. The van der Waals surface area contributed by atoms with Gasteiger partial charge >= 0.3 is 0 Å². The summed E-state index contributed by atoms with van der Waals surface area (Å²) in [5.74, 6) is -1.48. The lowest BCUT2D eigenvalue weighted by Gasteiger charge is -2.15. The van der Waals surface area contributed by atoms with Crippen molar-refractivity contribution in [3.63, 3.8) is 0 Å². The van der Waals surface area contributed by atoms with Gasteiger partial charge in [-0.3, -0.25) is 9.59 Å². The van der Waals surface area contributed by atoms with Gasteiger partial charge in [0.15, 0.2) is 17.7 Å². The quantitative estimate of drug-likeness (QED) is 0.390. The number of Topliss-reactive ketones (excluding diaryl/α,β-unsaturated/α-hetero) is 1. The van der Waals surface area contributed by atoms with E-state index in [2.05, 4.69) is 20.7 Å². The zero-order valence-electron chi connectivity index (χ0n) is 10.4. The van der Waals surface area contributed by atoms with Crippen LogP contribution in [0.3, 0.4) is 0 Å². The van der Waals surface area contributed by atoms with Gasteiger partial charge in [-0.15, -0.1) is 0 Å². The van der Waals surface area contributed by atoms with Gasteiger partial charge in [0, 0.05) is 0 Å². The van der Waals surface area contributed by atoms with Crippen LogP contribution in [0.5, 0.6) is 0 Å². The Balaban J connectivity index is 2.03. The summed E-state index contributed by atoms with van der Waals surface area (Å²) in [5, 5.41) is 40.1. The molecule has 1 fully saturated rings. The number of carbonyl (C=O) groups is 2. The lowest BCUT2D eigenvalue weighted by molar-refractivity contribution is -0.141. The molecular weight excluding hydrogens is 272 g/mol. The normalized spacial score (nSPS) is 31.0. The standard InChI is InChI=1S/C10H14N4O6/c1-3(15)5(16)8-6(17)7(18)10(20-8)12-9(19)4-2-11-14-13-4/h2-3,6-8,10,15,17-18H,1H3,(H,12,19)(H,11,13,14)/t3?,6-,7+,8+,10-/m1/s1. The molecule has 5 N–H and O–H groups in total. The number of carbonyl (C=O) groups excluding carboxylic acids is 2. The SMILES string of the molecule is CC(O)C(=O)[C@@H]1O[C@@H](NC(=O)c2cn[nH]n2)[C@@H](O)[C@H]1O. The number of ketones is 1. The first-order valence-electron chi connectivity index (χ1n) is 5.82. The van der Waals surface area contributed by atoms with Crippen molar-refractivity contribution in [2.24, 2.45) is 0 Å². The Kier molecular flexibility index (Phi) is 4.09. The van der Waals surface area contributed by atoms with Gasteiger partial charge in [0.25, 0.3) is 5.91 Å². The van der Waals surface area contributed by atoms with E-state index in [1.54, 1.807) is 0 Å². The van der Waals surface area contributed by atoms with Gasteiger partial charge in [-0.2, -0.15) is 15.4 Å². The zero-order valence-corrected chi connectivity index (χ0v) is 10.4. The molecule has 2 rings (SSSR count). The smallest absolute Gasteiger partial charge is 0.275 e. The highest BCUT2D eigenvalue weighted by Gasteiger charge is 2.47. The highest BCUT2D eigenvalue weighted by Crippen LogP contribution is 2.21. The fourth-order valence-electron chi connectivity index (χ4n) is 1.78. The fraction of sp³-hybridized carbons (Fsp3) is 0.600. The molecule has 1 aromatic heterocycles. The second-order valence-electron chi connectivity index (χ2n) is 4.37. The van der Waals surface area contributed by atoms with Gasteiger partial charge in [0.2, 0.25) is 0 Å². The van der Waals surface area contributed by atoms with Crippen molar-refractivity contribution in [3.05, 3.63) is 11.9 Å². The van der Waals surface area contributed by atoms with Crippen LogP contribution < -0.4 is 5.32 Å². The van der Waals surface area contributed by atoms with Crippen molar-refractivity contribution in [3.8, 4) is 0 Å². The number of aromatic nitrogens is 3. The third-order valence-electron chi connectivity index (χ3n) is 2.88. The molecule has 0 bridgehead atoms. The van der Waals surface area contributed by atoms with Crippen LogP contribution >= 0.6 is 0 Å². The van der Waals surface area contributed by atoms with Crippen LogP contribution in [0.4, 0.5) is 0 Å². The highest BCUT2D eigenvalue weighted by atomic mass is 16.6. The monoisotopic (exact) mass is 286 g/mol. The summed E-state index contributed by atoms with van der Waals surface area (Å²) in [6.45, 7) is 1.21. The largest absolute Gasteiger partial charge is 0.387 e. The molecule has 0 saturated carbocycles. The van der Waals surface area contributed by atoms with Crippen molar-refractivity contribution in [2.45, 2.75) is 37.6 Å². The maximum absolute atomic E-state index is 11.7. The summed E-state index contributed by atoms with van der Waals surface area (Å²) in [7, 11) is 0. The molecule has 10 heteroatoms. The summed E-state index contributed by atoms with van der Waals surface area (Å²) in [6, 6.07) is 0. The third kappa shape index (κ3) is 2.67. The van der Waals surface area contributed by atoms with E-state index in [0.29, 0.717) is 0 Å². The average Bonchev–Trinajstić information content (AvgIpc) is 3.02. The van der Waals surface area contributed by atoms with Gasteiger partial charge in [0.05, 0.1) is 6.20 Å². The van der Waals surface area contributed by atoms with Crippen LogP contribution in [0, 0.1) is 0 Å². The van der Waals surface area contributed by atoms with Crippen LogP contribution in [-0.2, 0) is 9.53 Å². The summed E-state index contributed by atoms with van der Waals surface area (Å²) < 4.78 is 5.08. The predicted octanol–water partition coefficient (Wildman–Crippen LogP) is -3.07. The molecule has 1 aromatic rings. The Morgan fingerprint density at radius 1 is 1.45 bits per heavy atom. The van der Waals surface area contributed by atoms with Crippen LogP contribution in [-0.4, -0.2) is 73.1 Å². The topological polar surface area (TPSA) is 158 Å². The van der Waals surface area contributed by atoms with E-state index in [1.165, 1.54) is 6.92 Å². The number of hydrogen-bond acceptors (Lipinski definition) is 8. The minimum absolute atomic E-state index is 0.0411. The second kappa shape index (κ2) is 5.63. The molecule has 1 unspecified atom stereocenters. The fourth-order valence-corrected chi connectivity index (χ4v) is 1.78. The van der Waals surface area contributed by atoms with Crippen LogP contribution in [0.25, 0.3) is 0 Å². The summed E-state index contributed by atoms with van der Waals surface area (Å²) in [4.78, 5) is 23.3. The molecule has 0 aromatic carbocycles. The molecule has 1 aliphatic heterocycles. The molecule has 5 atom stereocenters. The molecule has 0 aliphatic carbocycles. The number of H-pyrrole nitrogens is 1. The minimum Gasteiger partial charge on any atom is -0.387 e. The van der Waals surface area contributed by atoms with E-state index in [4.69, 9.17) is 4.74 Å². The van der Waals surface area contributed by atoms with E-state index >= 15 is 0 Å². The molecule has 2 heterocycles. The van der Waals surface area contributed by atoms with Crippen molar-refractivity contribution >= 4 is 11.7 Å². The second-order valence-corrected chi connectivity index (χ2v) is 4.37. The number of nitrogens with zero attached hydrogens (tertiary/aromatic N) is 2. The molecule has 1 saturated heterocycles. The Labute approximate surface area is 112 Å². The van der Waals surface area contributed by atoms with E-state index in [9.17, 15) is 24.9 Å². The van der Waals surface area contributed by atoms with E-state index < -0.39 is 42.3 Å². The van der Waals surface area contributed by atoms with Gasteiger partial charge in [0.1, 0.15) is 24.4 Å². The number of aromatic amines is 1. The molecule has 1 amide bonds. The maximum atomic E-state index is 11.7. The van der Waals surface area contributed by atoms with Crippen molar-refractivity contribution in [2.75, 3.05) is 0 Å². The molecule has 0 spiro atoms. The lowest BCUT2D eigenvalue weighted by atomic mass is 10.0. The molecule has 20 heavy (non-hydrogen) atoms. The number of aliphatic hydroxyl groups excluding tert-OH is 3. The first kappa shape index (κ1) is 14.5. The molecule has 0 radical (unpaired) electrons. The minimum atomic E-state index is -1.54. The predicted molar refractivity (Wildman–Crippen MR) is 61.2 cm³/mol. The van der Waals surface area contributed by atoms with Crippen LogP contribution in [0.1, 0.15) is 17.4 Å². The number of amides is 1. The summed E-state index contributed by atoms with van der Waals surface area (Å²) >= 11 is 0. The van der Waals surface area contributed by atoms with Crippen molar-refractivity contribution < 1.29 is 29.6 Å². The number of ether oxygens (including phenoxy) is 1. The maximum Gasteiger partial charge on any atom is 0.275 e. The van der Waals surface area contributed by atoms with Gasteiger partial charge in [-0.05, 0) is 6.92 Å². The first-order chi connectivity index (χ1) is 9.41. The Morgan fingerprint density at radius 3 is 2.70 bits per heavy atom. The molecule has 110 valence electrons. The first-order valence-corrected chi connectivity index (χ1v) is 5.82. The van der Waals surface area contributed by atoms with Gasteiger partial charge in [-0.25, -0.2) is 0 Å². The molecule has 10 nitrogen and oxygen atoms in total. The van der Waals surface area contributed by atoms with Crippen molar-refractivity contribution in [1.29, 1.82) is 0 Å². The Bertz CT molecular complexity index is 490. The van der Waals surface area contributed by atoms with Crippen LogP contribution in [0.2, 0.25) is 0 Å². The zero-order chi connectivity index (χ0) is 14.9. The van der Waals surface area contributed by atoms with Crippen molar-refractivity contribution in [1.82, 2.24) is 20.7 Å².